The van der Waals surface area contributed by atoms with E-state index in [1.165, 1.54) is 6.42 Å². The van der Waals surface area contributed by atoms with E-state index in [0.717, 1.165) is 37.7 Å². The van der Waals surface area contributed by atoms with E-state index < -0.39 is 0 Å². The molecule has 0 atom stereocenters. The highest BCUT2D eigenvalue weighted by atomic mass is 32.2. The van der Waals surface area contributed by atoms with Crippen molar-refractivity contribution in [2.75, 3.05) is 32.0 Å². The largest absolute Gasteiger partial charge is 0.410 e. The molecule has 0 aromatic rings. The first-order chi connectivity index (χ1) is 7.77. The monoisotopic (exact) mass is 246 g/mol. The number of thioether (sulfide) groups is 1. The summed E-state index contributed by atoms with van der Waals surface area (Å²) in [7, 11) is 0. The summed E-state index contributed by atoms with van der Waals surface area (Å²) in [4.78, 5) is 13.7. The van der Waals surface area contributed by atoms with E-state index in [9.17, 15) is 4.79 Å². The summed E-state index contributed by atoms with van der Waals surface area (Å²) in [5, 5.41) is 20.2. The maximum atomic E-state index is 11.5. The molecule has 0 unspecified atom stereocenters. The number of oxime groups is 1. The lowest BCUT2D eigenvalue weighted by atomic mass is 10.1. The number of piperidine rings is 1. The summed E-state index contributed by atoms with van der Waals surface area (Å²) < 4.78 is 0. The second kappa shape index (κ2) is 7.65. The molecule has 6 heteroatoms. The summed E-state index contributed by atoms with van der Waals surface area (Å²) in [5.41, 5.74) is 0.181. The Morgan fingerprint density at radius 1 is 1.31 bits per heavy atom. The minimum Gasteiger partial charge on any atom is -0.410 e. The summed E-state index contributed by atoms with van der Waals surface area (Å²) in [5.74, 6) is 0.345. The van der Waals surface area contributed by atoms with E-state index in [1.807, 2.05) is 0 Å². The third-order valence-corrected chi connectivity index (χ3v) is 3.39. The average Bonchev–Trinajstić information content (AvgIpc) is 2.34. The van der Waals surface area contributed by atoms with Crippen LogP contribution in [0.4, 0.5) is 0 Å². The highest BCUT2D eigenvalue weighted by Crippen LogP contribution is 2.10. The Hall–Kier alpha value is -0.590. The average molecular weight is 246 g/mol. The molecule has 2 N–H and O–H groups in total. The lowest BCUT2D eigenvalue weighted by Crippen LogP contribution is -2.36. The van der Waals surface area contributed by atoms with Gasteiger partial charge in [0.15, 0.2) is 0 Å². The molecular formula is C10H18N2O3S. The number of hydrogen-bond donors (Lipinski definition) is 2. The molecule has 1 aliphatic heterocycles. The quantitative estimate of drug-likeness (QED) is 0.421. The van der Waals surface area contributed by atoms with Gasteiger partial charge in [-0.05, 0) is 25.9 Å². The Morgan fingerprint density at radius 2 is 2.00 bits per heavy atom. The molecule has 0 spiro atoms. The van der Waals surface area contributed by atoms with Crippen LogP contribution in [0.2, 0.25) is 0 Å². The number of aliphatic hydroxyl groups excluding tert-OH is 1. The first-order valence-electron chi connectivity index (χ1n) is 5.49. The molecule has 92 valence electrons. The van der Waals surface area contributed by atoms with E-state index >= 15 is 0 Å². The third-order valence-electron chi connectivity index (χ3n) is 2.50. The van der Waals surface area contributed by atoms with Crippen LogP contribution >= 0.6 is 11.8 Å². The van der Waals surface area contributed by atoms with Crippen LogP contribution < -0.4 is 0 Å². The number of rotatable bonds is 5. The molecule has 0 amide bonds. The van der Waals surface area contributed by atoms with Crippen molar-refractivity contribution in [3.05, 3.63) is 0 Å². The molecule has 0 saturated carbocycles. The van der Waals surface area contributed by atoms with Crippen molar-refractivity contribution >= 4 is 22.6 Å². The zero-order valence-corrected chi connectivity index (χ0v) is 10.1. The highest BCUT2D eigenvalue weighted by Gasteiger charge is 2.18. The third kappa shape index (κ3) is 4.51. The minimum absolute atomic E-state index is 0.0428. The van der Waals surface area contributed by atoms with Crippen LogP contribution in [0.1, 0.15) is 19.3 Å². The standard InChI is InChI=1S/C10H18N2O3S/c13-6-7-16-10(14)9(11-15)8-12-4-2-1-3-5-12/h13,15H,1-8H2. The maximum Gasteiger partial charge on any atom is 0.238 e. The molecule has 0 aromatic heterocycles. The number of carbonyl (C=O) groups excluding carboxylic acids is 1. The molecule has 0 aromatic carbocycles. The normalized spacial score (nSPS) is 18.7. The number of hydrogen-bond acceptors (Lipinski definition) is 6. The van der Waals surface area contributed by atoms with Crippen molar-refractivity contribution < 1.29 is 15.1 Å². The SMILES string of the molecule is O=C(SCCO)C(CN1CCCCC1)=NO. The van der Waals surface area contributed by atoms with Crippen molar-refractivity contribution in [1.82, 2.24) is 4.90 Å². The summed E-state index contributed by atoms with van der Waals surface area (Å²) in [6, 6.07) is 0. The van der Waals surface area contributed by atoms with Gasteiger partial charge in [0.05, 0.1) is 6.61 Å². The molecular weight excluding hydrogens is 228 g/mol. The molecule has 1 rings (SSSR count). The molecule has 1 aliphatic rings. The van der Waals surface area contributed by atoms with E-state index in [4.69, 9.17) is 10.3 Å². The van der Waals surface area contributed by atoms with Crippen molar-refractivity contribution in [1.29, 1.82) is 0 Å². The van der Waals surface area contributed by atoms with Crippen molar-refractivity contribution in [2.24, 2.45) is 5.16 Å². The summed E-state index contributed by atoms with van der Waals surface area (Å²) in [6.45, 7) is 2.28. The van der Waals surface area contributed by atoms with Crippen LogP contribution in [0.15, 0.2) is 5.16 Å². The second-order valence-electron chi connectivity index (χ2n) is 3.74. The van der Waals surface area contributed by atoms with Gasteiger partial charge in [-0.2, -0.15) is 0 Å². The molecule has 1 heterocycles. The first kappa shape index (κ1) is 13.5. The summed E-state index contributed by atoms with van der Waals surface area (Å²) >= 11 is 0.991. The van der Waals surface area contributed by atoms with Gasteiger partial charge < -0.3 is 10.3 Å². The number of nitrogens with zero attached hydrogens (tertiary/aromatic N) is 2. The van der Waals surface area contributed by atoms with Gasteiger partial charge in [0.2, 0.25) is 5.12 Å². The van der Waals surface area contributed by atoms with Gasteiger partial charge in [0, 0.05) is 12.3 Å². The van der Waals surface area contributed by atoms with Gasteiger partial charge in [0.25, 0.3) is 0 Å². The van der Waals surface area contributed by atoms with Gasteiger partial charge in [-0.25, -0.2) is 0 Å². The predicted octanol–water partition coefficient (Wildman–Crippen LogP) is 0.555. The van der Waals surface area contributed by atoms with E-state index in [0.29, 0.717) is 12.3 Å². The second-order valence-corrected chi connectivity index (χ2v) is 4.81. The van der Waals surface area contributed by atoms with Gasteiger partial charge in [-0.15, -0.1) is 0 Å². The number of carbonyl (C=O) groups is 1. The summed E-state index contributed by atoms with van der Waals surface area (Å²) in [6.07, 6.45) is 3.50. The van der Waals surface area contributed by atoms with Crippen molar-refractivity contribution in [2.45, 2.75) is 19.3 Å². The molecule has 0 bridgehead atoms. The minimum atomic E-state index is -0.248. The first-order valence-corrected chi connectivity index (χ1v) is 6.47. The molecule has 5 nitrogen and oxygen atoms in total. The topological polar surface area (TPSA) is 73.1 Å². The van der Waals surface area contributed by atoms with E-state index in [-0.39, 0.29) is 17.4 Å². The van der Waals surface area contributed by atoms with Crippen LogP contribution in [0, 0.1) is 0 Å². The Bertz CT molecular complexity index is 252. The van der Waals surface area contributed by atoms with Crippen molar-refractivity contribution in [3.63, 3.8) is 0 Å². The van der Waals surface area contributed by atoms with E-state index in [1.54, 1.807) is 0 Å². The smallest absolute Gasteiger partial charge is 0.238 e. The van der Waals surface area contributed by atoms with Crippen LogP contribution in [0.25, 0.3) is 0 Å². The van der Waals surface area contributed by atoms with E-state index in [2.05, 4.69) is 10.1 Å². The predicted molar refractivity (Wildman–Crippen MR) is 64.1 cm³/mol. The van der Waals surface area contributed by atoms with Crippen LogP contribution in [-0.4, -0.2) is 58.0 Å². The lowest BCUT2D eigenvalue weighted by Gasteiger charge is -2.25. The zero-order chi connectivity index (χ0) is 11.8. The zero-order valence-electron chi connectivity index (χ0n) is 9.26. The Morgan fingerprint density at radius 3 is 2.56 bits per heavy atom. The fraction of sp³-hybridized carbons (Fsp3) is 0.800. The van der Waals surface area contributed by atoms with Gasteiger partial charge in [-0.3, -0.25) is 9.69 Å². The Kier molecular flexibility index (Phi) is 6.44. The molecule has 1 fully saturated rings. The number of aliphatic hydroxyl groups is 1. The fourth-order valence-corrected chi connectivity index (χ4v) is 2.24. The molecule has 1 saturated heterocycles. The van der Waals surface area contributed by atoms with Crippen molar-refractivity contribution in [3.8, 4) is 0 Å². The van der Waals surface area contributed by atoms with Crippen LogP contribution in [0.5, 0.6) is 0 Å². The molecule has 0 aliphatic carbocycles. The van der Waals surface area contributed by atoms with Crippen LogP contribution in [0.3, 0.4) is 0 Å². The fourth-order valence-electron chi connectivity index (χ4n) is 1.69. The molecule has 0 radical (unpaired) electrons. The lowest BCUT2D eigenvalue weighted by molar-refractivity contribution is -0.105. The Labute approximate surface area is 99.5 Å². The Balaban J connectivity index is 2.38. The van der Waals surface area contributed by atoms with Crippen LogP contribution in [-0.2, 0) is 4.79 Å². The maximum absolute atomic E-state index is 11.5. The van der Waals surface area contributed by atoms with Gasteiger partial charge in [-0.1, -0.05) is 23.3 Å². The number of likely N-dealkylation sites (tertiary alicyclic amines) is 1. The van der Waals surface area contributed by atoms with Gasteiger partial charge in [0.1, 0.15) is 5.71 Å². The highest BCUT2D eigenvalue weighted by molar-refractivity contribution is 8.15. The molecule has 16 heavy (non-hydrogen) atoms. The van der Waals surface area contributed by atoms with Gasteiger partial charge >= 0.3 is 0 Å².